The summed E-state index contributed by atoms with van der Waals surface area (Å²) in [4.78, 5) is 30.9. The quantitative estimate of drug-likeness (QED) is 0.270. The number of carbonyl (C=O) groups is 1. The summed E-state index contributed by atoms with van der Waals surface area (Å²) >= 11 is 1.17. The molecule has 36 heavy (non-hydrogen) atoms. The number of aromatic nitrogens is 2. The maximum absolute atomic E-state index is 13.5. The Balaban J connectivity index is 1.43. The lowest BCUT2D eigenvalue weighted by Gasteiger charge is -2.22. The van der Waals surface area contributed by atoms with Crippen LogP contribution in [0.25, 0.3) is 16.6 Å². The SMILES string of the molecule is C[C@@](C#N)(NC(=O)CSc1nc2ccccc2c(=O)n1-c1ccc(Oc2ccccc2)cc1)C1CC1. The fourth-order valence-corrected chi connectivity index (χ4v) is 4.88. The van der Waals surface area contributed by atoms with Crippen molar-refractivity contribution in [2.75, 3.05) is 5.75 Å². The van der Waals surface area contributed by atoms with Crippen LogP contribution in [0.15, 0.2) is 88.8 Å². The van der Waals surface area contributed by atoms with Gasteiger partial charge in [0.2, 0.25) is 5.91 Å². The molecule has 1 amide bonds. The number of nitriles is 1. The number of rotatable bonds is 8. The van der Waals surface area contributed by atoms with Gasteiger partial charge in [0.05, 0.1) is 28.4 Å². The van der Waals surface area contributed by atoms with Gasteiger partial charge in [0.25, 0.3) is 5.56 Å². The molecule has 1 fully saturated rings. The largest absolute Gasteiger partial charge is 0.457 e. The van der Waals surface area contributed by atoms with E-state index in [1.165, 1.54) is 16.3 Å². The van der Waals surface area contributed by atoms with Gasteiger partial charge in [0.1, 0.15) is 17.0 Å². The molecule has 0 spiro atoms. The standard InChI is InChI=1S/C28H24N4O3S/c1-28(18-29,19-11-12-19)31-25(33)17-36-27-30-24-10-6-5-9-23(24)26(34)32(27)20-13-15-22(16-14-20)35-21-7-3-2-4-8-21/h2-10,13-16,19H,11-12,17H2,1H3,(H,31,33)/t28-/m0/s1. The molecule has 8 heteroatoms. The minimum Gasteiger partial charge on any atom is -0.457 e. The van der Waals surface area contributed by atoms with Crippen LogP contribution >= 0.6 is 11.8 Å². The minimum absolute atomic E-state index is 0.0317. The van der Waals surface area contributed by atoms with Crippen molar-refractivity contribution in [2.24, 2.45) is 5.92 Å². The van der Waals surface area contributed by atoms with E-state index >= 15 is 0 Å². The van der Waals surface area contributed by atoms with Gasteiger partial charge in [-0.1, -0.05) is 42.1 Å². The molecule has 1 aromatic heterocycles. The highest BCUT2D eigenvalue weighted by Gasteiger charge is 2.43. The van der Waals surface area contributed by atoms with Gasteiger partial charge in [-0.25, -0.2) is 4.98 Å². The molecule has 1 N–H and O–H groups in total. The molecule has 0 aliphatic heterocycles. The second kappa shape index (κ2) is 9.88. The van der Waals surface area contributed by atoms with E-state index in [1.54, 1.807) is 49.4 Å². The molecule has 1 heterocycles. The Labute approximate surface area is 212 Å². The van der Waals surface area contributed by atoms with Gasteiger partial charge in [-0.15, -0.1) is 0 Å². The summed E-state index contributed by atoms with van der Waals surface area (Å²) in [6.45, 7) is 1.76. The third-order valence-corrected chi connectivity index (χ3v) is 7.11. The van der Waals surface area contributed by atoms with E-state index in [9.17, 15) is 14.9 Å². The Morgan fingerprint density at radius 2 is 1.75 bits per heavy atom. The fraction of sp³-hybridized carbons (Fsp3) is 0.214. The fourth-order valence-electron chi connectivity index (χ4n) is 4.06. The maximum atomic E-state index is 13.5. The highest BCUT2D eigenvalue weighted by molar-refractivity contribution is 7.99. The molecule has 0 unspecified atom stereocenters. The van der Waals surface area contributed by atoms with Crippen molar-refractivity contribution in [3.8, 4) is 23.3 Å². The Morgan fingerprint density at radius 3 is 2.44 bits per heavy atom. The molecule has 1 atom stereocenters. The van der Waals surface area contributed by atoms with Crippen molar-refractivity contribution in [3.63, 3.8) is 0 Å². The van der Waals surface area contributed by atoms with Crippen LogP contribution in [-0.2, 0) is 4.79 Å². The maximum Gasteiger partial charge on any atom is 0.266 e. The van der Waals surface area contributed by atoms with Crippen molar-refractivity contribution in [3.05, 3.63) is 89.2 Å². The van der Waals surface area contributed by atoms with E-state index in [-0.39, 0.29) is 23.1 Å². The number of ether oxygens (including phenoxy) is 1. The van der Waals surface area contributed by atoms with E-state index in [0.717, 1.165) is 12.8 Å². The van der Waals surface area contributed by atoms with Gasteiger partial charge < -0.3 is 10.1 Å². The highest BCUT2D eigenvalue weighted by atomic mass is 32.2. The topological polar surface area (TPSA) is 97.0 Å². The number of hydrogen-bond acceptors (Lipinski definition) is 6. The lowest BCUT2D eigenvalue weighted by molar-refractivity contribution is -0.119. The van der Waals surface area contributed by atoms with Gasteiger partial charge in [-0.05, 0) is 74.2 Å². The predicted octanol–water partition coefficient (Wildman–Crippen LogP) is 5.08. The van der Waals surface area contributed by atoms with E-state index in [1.807, 2.05) is 36.4 Å². The zero-order chi connectivity index (χ0) is 25.1. The van der Waals surface area contributed by atoms with Crippen molar-refractivity contribution in [2.45, 2.75) is 30.5 Å². The van der Waals surface area contributed by atoms with Gasteiger partial charge >= 0.3 is 0 Å². The molecule has 7 nitrogen and oxygen atoms in total. The minimum atomic E-state index is -0.872. The molecule has 180 valence electrons. The zero-order valence-corrected chi connectivity index (χ0v) is 20.5. The number of carbonyl (C=O) groups excluding carboxylic acids is 1. The summed E-state index contributed by atoms with van der Waals surface area (Å²) in [7, 11) is 0. The zero-order valence-electron chi connectivity index (χ0n) is 19.7. The van der Waals surface area contributed by atoms with Crippen LogP contribution in [0.4, 0.5) is 0 Å². The Bertz CT molecular complexity index is 1510. The first-order chi connectivity index (χ1) is 17.5. The number of para-hydroxylation sites is 2. The molecule has 0 radical (unpaired) electrons. The van der Waals surface area contributed by atoms with Gasteiger partial charge in [0.15, 0.2) is 5.16 Å². The molecule has 1 aliphatic rings. The highest BCUT2D eigenvalue weighted by Crippen LogP contribution is 2.39. The Morgan fingerprint density at radius 1 is 1.08 bits per heavy atom. The van der Waals surface area contributed by atoms with Crippen LogP contribution in [0.5, 0.6) is 11.5 Å². The predicted molar refractivity (Wildman–Crippen MR) is 139 cm³/mol. The van der Waals surface area contributed by atoms with E-state index in [0.29, 0.717) is 33.2 Å². The van der Waals surface area contributed by atoms with Crippen LogP contribution in [0.1, 0.15) is 19.8 Å². The number of fused-ring (bicyclic) bond motifs is 1. The van der Waals surface area contributed by atoms with Crippen molar-refractivity contribution >= 4 is 28.6 Å². The smallest absolute Gasteiger partial charge is 0.266 e. The first kappa shape index (κ1) is 23.6. The van der Waals surface area contributed by atoms with Gasteiger partial charge in [-0.3, -0.25) is 14.2 Å². The lowest BCUT2D eigenvalue weighted by Crippen LogP contribution is -2.47. The Kier molecular flexibility index (Phi) is 6.49. The van der Waals surface area contributed by atoms with E-state index in [2.05, 4.69) is 16.4 Å². The third kappa shape index (κ3) is 4.97. The Hall–Kier alpha value is -4.09. The van der Waals surface area contributed by atoms with Crippen LogP contribution in [0.2, 0.25) is 0 Å². The summed E-state index contributed by atoms with van der Waals surface area (Å²) < 4.78 is 7.38. The van der Waals surface area contributed by atoms with E-state index in [4.69, 9.17) is 4.74 Å². The van der Waals surface area contributed by atoms with Gasteiger partial charge in [-0.2, -0.15) is 5.26 Å². The number of thioether (sulfide) groups is 1. The average molecular weight is 497 g/mol. The van der Waals surface area contributed by atoms with Crippen molar-refractivity contribution < 1.29 is 9.53 Å². The summed E-state index contributed by atoms with van der Waals surface area (Å²) in [6.07, 6.45) is 1.88. The first-order valence-corrected chi connectivity index (χ1v) is 12.7. The molecule has 0 bridgehead atoms. The monoisotopic (exact) mass is 496 g/mol. The first-order valence-electron chi connectivity index (χ1n) is 11.7. The van der Waals surface area contributed by atoms with E-state index < -0.39 is 5.54 Å². The van der Waals surface area contributed by atoms with Crippen molar-refractivity contribution in [1.82, 2.24) is 14.9 Å². The van der Waals surface area contributed by atoms with Crippen LogP contribution in [0, 0.1) is 17.2 Å². The van der Waals surface area contributed by atoms with Crippen LogP contribution < -0.4 is 15.6 Å². The van der Waals surface area contributed by atoms with Crippen LogP contribution in [0.3, 0.4) is 0 Å². The van der Waals surface area contributed by atoms with Gasteiger partial charge in [0, 0.05) is 0 Å². The number of nitrogens with zero attached hydrogens (tertiary/aromatic N) is 3. The summed E-state index contributed by atoms with van der Waals surface area (Å²) in [5.41, 5.74) is 0.0786. The average Bonchev–Trinajstić information content (AvgIpc) is 3.75. The summed E-state index contributed by atoms with van der Waals surface area (Å²) in [5.74, 6) is 1.30. The lowest BCUT2D eigenvalue weighted by atomic mass is 9.98. The molecule has 0 saturated heterocycles. The second-order valence-corrected chi connectivity index (χ2v) is 9.83. The molecule has 1 aliphatic carbocycles. The molecular weight excluding hydrogens is 472 g/mol. The molecule has 3 aromatic carbocycles. The van der Waals surface area contributed by atoms with Crippen molar-refractivity contribution in [1.29, 1.82) is 5.26 Å². The normalized spacial score (nSPS) is 14.6. The molecular formula is C28H24N4O3S. The molecule has 4 aromatic rings. The number of amides is 1. The number of nitrogens with one attached hydrogen (secondary N) is 1. The molecule has 5 rings (SSSR count). The van der Waals surface area contributed by atoms with Crippen LogP contribution in [-0.4, -0.2) is 26.8 Å². The number of hydrogen-bond donors (Lipinski definition) is 1. The summed E-state index contributed by atoms with van der Waals surface area (Å²) in [6, 6.07) is 26.0. The second-order valence-electron chi connectivity index (χ2n) is 8.89. The third-order valence-electron chi connectivity index (χ3n) is 6.18. The summed E-state index contributed by atoms with van der Waals surface area (Å²) in [5, 5.41) is 13.3. The molecule has 1 saturated carbocycles. The number of benzene rings is 3.